The standard InChI is InChI=1S/C15H31N3/c1-3-7-14(16-4-2)12-17-11-8-15(13-17)18-9-5-6-10-18/h14-16H,3-13H2,1-2H3. The van der Waals surface area contributed by atoms with E-state index in [1.807, 2.05) is 0 Å². The van der Waals surface area contributed by atoms with Crippen molar-refractivity contribution in [3.8, 4) is 0 Å². The molecule has 2 saturated heterocycles. The maximum Gasteiger partial charge on any atom is 0.0235 e. The van der Waals surface area contributed by atoms with Gasteiger partial charge in [0, 0.05) is 25.2 Å². The Labute approximate surface area is 113 Å². The van der Waals surface area contributed by atoms with Gasteiger partial charge in [0.1, 0.15) is 0 Å². The zero-order valence-corrected chi connectivity index (χ0v) is 12.3. The van der Waals surface area contributed by atoms with Crippen molar-refractivity contribution in [1.82, 2.24) is 15.1 Å². The van der Waals surface area contributed by atoms with Gasteiger partial charge in [-0.1, -0.05) is 20.3 Å². The van der Waals surface area contributed by atoms with Gasteiger partial charge in [0.2, 0.25) is 0 Å². The van der Waals surface area contributed by atoms with Crippen LogP contribution < -0.4 is 5.32 Å². The Kier molecular flexibility index (Phi) is 5.93. The highest BCUT2D eigenvalue weighted by molar-refractivity contribution is 4.87. The van der Waals surface area contributed by atoms with Crippen molar-refractivity contribution in [3.05, 3.63) is 0 Å². The summed E-state index contributed by atoms with van der Waals surface area (Å²) in [5.41, 5.74) is 0. The van der Waals surface area contributed by atoms with Gasteiger partial charge in [-0.05, 0) is 51.9 Å². The van der Waals surface area contributed by atoms with Gasteiger partial charge in [-0.15, -0.1) is 0 Å². The molecule has 2 rings (SSSR count). The van der Waals surface area contributed by atoms with Crippen molar-refractivity contribution in [2.24, 2.45) is 0 Å². The lowest BCUT2D eigenvalue weighted by atomic mass is 10.1. The first-order valence-corrected chi connectivity index (χ1v) is 8.03. The van der Waals surface area contributed by atoms with Gasteiger partial charge in [-0.25, -0.2) is 0 Å². The van der Waals surface area contributed by atoms with Gasteiger partial charge >= 0.3 is 0 Å². The number of rotatable bonds is 7. The molecule has 2 aliphatic heterocycles. The molecule has 3 nitrogen and oxygen atoms in total. The molecule has 3 heteroatoms. The molecule has 2 unspecified atom stereocenters. The van der Waals surface area contributed by atoms with E-state index in [2.05, 4.69) is 29.0 Å². The third-order valence-corrected chi connectivity index (χ3v) is 4.51. The fourth-order valence-corrected chi connectivity index (χ4v) is 3.59. The van der Waals surface area contributed by atoms with E-state index in [9.17, 15) is 0 Å². The van der Waals surface area contributed by atoms with Gasteiger partial charge in [0.05, 0.1) is 0 Å². The summed E-state index contributed by atoms with van der Waals surface area (Å²) in [5, 5.41) is 3.64. The molecule has 18 heavy (non-hydrogen) atoms. The molecule has 106 valence electrons. The molecule has 0 spiro atoms. The van der Waals surface area contributed by atoms with Crippen LogP contribution in [0, 0.1) is 0 Å². The van der Waals surface area contributed by atoms with E-state index in [4.69, 9.17) is 0 Å². The fourth-order valence-electron chi connectivity index (χ4n) is 3.59. The van der Waals surface area contributed by atoms with E-state index in [0.29, 0.717) is 6.04 Å². The van der Waals surface area contributed by atoms with Crippen molar-refractivity contribution < 1.29 is 0 Å². The molecule has 0 aromatic heterocycles. The minimum Gasteiger partial charge on any atom is -0.313 e. The lowest BCUT2D eigenvalue weighted by Gasteiger charge is -2.26. The number of hydrogen-bond acceptors (Lipinski definition) is 3. The maximum absolute atomic E-state index is 3.64. The molecule has 0 aromatic carbocycles. The number of nitrogens with one attached hydrogen (secondary N) is 1. The minimum absolute atomic E-state index is 0.706. The molecule has 2 aliphatic rings. The van der Waals surface area contributed by atoms with Crippen LogP contribution in [0.4, 0.5) is 0 Å². The van der Waals surface area contributed by atoms with Crippen molar-refractivity contribution in [2.75, 3.05) is 39.3 Å². The largest absolute Gasteiger partial charge is 0.313 e. The van der Waals surface area contributed by atoms with Crippen LogP contribution >= 0.6 is 0 Å². The van der Waals surface area contributed by atoms with E-state index in [1.165, 1.54) is 64.8 Å². The Hall–Kier alpha value is -0.120. The van der Waals surface area contributed by atoms with Crippen LogP contribution in [0.5, 0.6) is 0 Å². The Morgan fingerprint density at radius 2 is 1.94 bits per heavy atom. The highest BCUT2D eigenvalue weighted by atomic mass is 15.3. The quantitative estimate of drug-likeness (QED) is 0.748. The van der Waals surface area contributed by atoms with Crippen LogP contribution in [0.2, 0.25) is 0 Å². The molecule has 2 heterocycles. The van der Waals surface area contributed by atoms with Crippen LogP contribution in [0.15, 0.2) is 0 Å². The summed E-state index contributed by atoms with van der Waals surface area (Å²) in [7, 11) is 0. The van der Waals surface area contributed by atoms with Crippen LogP contribution in [-0.2, 0) is 0 Å². The predicted octanol–water partition coefficient (Wildman–Crippen LogP) is 1.93. The molecule has 0 amide bonds. The average Bonchev–Trinajstić information content (AvgIpc) is 2.98. The zero-order valence-electron chi connectivity index (χ0n) is 12.3. The van der Waals surface area contributed by atoms with Crippen molar-refractivity contribution in [1.29, 1.82) is 0 Å². The Balaban J connectivity index is 1.73. The Bertz CT molecular complexity index is 220. The molecule has 0 radical (unpaired) electrons. The smallest absolute Gasteiger partial charge is 0.0235 e. The highest BCUT2D eigenvalue weighted by Crippen LogP contribution is 2.20. The predicted molar refractivity (Wildman–Crippen MR) is 78.0 cm³/mol. The Morgan fingerprint density at radius 3 is 2.61 bits per heavy atom. The summed E-state index contributed by atoms with van der Waals surface area (Å²) < 4.78 is 0. The van der Waals surface area contributed by atoms with Gasteiger partial charge in [0.15, 0.2) is 0 Å². The first-order valence-electron chi connectivity index (χ1n) is 8.03. The molecular weight excluding hydrogens is 222 g/mol. The summed E-state index contributed by atoms with van der Waals surface area (Å²) in [4.78, 5) is 5.41. The monoisotopic (exact) mass is 253 g/mol. The average molecular weight is 253 g/mol. The second kappa shape index (κ2) is 7.46. The van der Waals surface area contributed by atoms with Gasteiger partial charge in [0.25, 0.3) is 0 Å². The molecule has 0 aliphatic carbocycles. The second-order valence-corrected chi connectivity index (χ2v) is 5.99. The summed E-state index contributed by atoms with van der Waals surface area (Å²) in [6.45, 7) is 12.2. The third kappa shape index (κ3) is 3.94. The van der Waals surface area contributed by atoms with E-state index < -0.39 is 0 Å². The summed E-state index contributed by atoms with van der Waals surface area (Å²) in [6.07, 6.45) is 6.85. The van der Waals surface area contributed by atoms with Gasteiger partial charge in [-0.3, -0.25) is 4.90 Å². The molecule has 0 saturated carbocycles. The van der Waals surface area contributed by atoms with Crippen LogP contribution in [0.25, 0.3) is 0 Å². The van der Waals surface area contributed by atoms with E-state index >= 15 is 0 Å². The maximum atomic E-state index is 3.64. The summed E-state index contributed by atoms with van der Waals surface area (Å²) in [6, 6.07) is 1.56. The third-order valence-electron chi connectivity index (χ3n) is 4.51. The SMILES string of the molecule is CCCC(CN1CCC(N2CCCC2)C1)NCC. The molecular formula is C15H31N3. The molecule has 2 fully saturated rings. The highest BCUT2D eigenvalue weighted by Gasteiger charge is 2.29. The zero-order chi connectivity index (χ0) is 12.8. The second-order valence-electron chi connectivity index (χ2n) is 5.99. The first kappa shape index (κ1) is 14.3. The molecule has 1 N–H and O–H groups in total. The summed E-state index contributed by atoms with van der Waals surface area (Å²) >= 11 is 0. The normalized spacial score (nSPS) is 28.0. The molecule has 0 bridgehead atoms. The fraction of sp³-hybridized carbons (Fsp3) is 1.00. The van der Waals surface area contributed by atoms with Gasteiger partial charge < -0.3 is 10.2 Å². The topological polar surface area (TPSA) is 18.5 Å². The van der Waals surface area contributed by atoms with E-state index in [1.54, 1.807) is 0 Å². The lowest BCUT2D eigenvalue weighted by Crippen LogP contribution is -2.42. The number of nitrogens with zero attached hydrogens (tertiary/aromatic N) is 2. The number of hydrogen-bond donors (Lipinski definition) is 1. The van der Waals surface area contributed by atoms with Crippen LogP contribution in [-0.4, -0.2) is 61.2 Å². The number of likely N-dealkylation sites (N-methyl/N-ethyl adjacent to an activating group) is 1. The Morgan fingerprint density at radius 1 is 1.17 bits per heavy atom. The van der Waals surface area contributed by atoms with Crippen LogP contribution in [0.1, 0.15) is 46.0 Å². The van der Waals surface area contributed by atoms with Gasteiger partial charge in [-0.2, -0.15) is 0 Å². The first-order chi connectivity index (χ1) is 8.83. The lowest BCUT2D eigenvalue weighted by molar-refractivity contribution is 0.221. The molecule has 2 atom stereocenters. The van der Waals surface area contributed by atoms with E-state index in [-0.39, 0.29) is 0 Å². The summed E-state index contributed by atoms with van der Waals surface area (Å²) in [5.74, 6) is 0. The van der Waals surface area contributed by atoms with Crippen molar-refractivity contribution in [3.63, 3.8) is 0 Å². The molecule has 0 aromatic rings. The van der Waals surface area contributed by atoms with Crippen molar-refractivity contribution >= 4 is 0 Å². The number of likely N-dealkylation sites (tertiary alicyclic amines) is 2. The van der Waals surface area contributed by atoms with Crippen molar-refractivity contribution in [2.45, 2.75) is 58.0 Å². The van der Waals surface area contributed by atoms with Crippen LogP contribution in [0.3, 0.4) is 0 Å². The van der Waals surface area contributed by atoms with E-state index in [0.717, 1.165) is 12.6 Å². The minimum atomic E-state index is 0.706.